The van der Waals surface area contributed by atoms with Crippen LogP contribution in [0.2, 0.25) is 0 Å². The molecule has 0 aliphatic heterocycles. The quantitative estimate of drug-likeness (QED) is 0.732. The Morgan fingerprint density at radius 3 is 2.92 bits per heavy atom. The topological polar surface area (TPSA) is 76.8 Å². The monoisotopic (exact) mass is 366 g/mol. The number of carbonyl (C=O) groups excluding carboxylic acids is 1. The van der Waals surface area contributed by atoms with Gasteiger partial charge in [0.1, 0.15) is 0 Å². The summed E-state index contributed by atoms with van der Waals surface area (Å²) in [6, 6.07) is 0.252. The highest BCUT2D eigenvalue weighted by atomic mass is 32.2. The summed E-state index contributed by atoms with van der Waals surface area (Å²) in [5.41, 5.74) is 0. The molecule has 0 radical (unpaired) electrons. The molecular formula is C15H22N6OS2. The third-order valence-corrected chi connectivity index (χ3v) is 6.06. The summed E-state index contributed by atoms with van der Waals surface area (Å²) >= 11 is 2.94. The van der Waals surface area contributed by atoms with Crippen molar-refractivity contribution in [3.8, 4) is 0 Å². The fourth-order valence-electron chi connectivity index (χ4n) is 2.99. The van der Waals surface area contributed by atoms with Crippen LogP contribution in [0.5, 0.6) is 0 Å². The van der Waals surface area contributed by atoms with Crippen LogP contribution in [0.1, 0.15) is 46.0 Å². The van der Waals surface area contributed by atoms with E-state index in [1.807, 2.05) is 24.1 Å². The SMILES string of the molecule is CCn1nnnc1SC(C)C(=O)N(c1nccs1)C1CCCCC1. The number of carbonyl (C=O) groups is 1. The molecule has 1 aliphatic carbocycles. The van der Waals surface area contributed by atoms with Gasteiger partial charge in [0.05, 0.1) is 5.25 Å². The third-order valence-electron chi connectivity index (χ3n) is 4.23. The second-order valence-corrected chi connectivity index (χ2v) is 8.03. The number of amides is 1. The highest BCUT2D eigenvalue weighted by Crippen LogP contribution is 2.32. The maximum Gasteiger partial charge on any atom is 0.242 e. The zero-order chi connectivity index (χ0) is 16.9. The van der Waals surface area contributed by atoms with E-state index >= 15 is 0 Å². The van der Waals surface area contributed by atoms with E-state index < -0.39 is 0 Å². The lowest BCUT2D eigenvalue weighted by Gasteiger charge is -2.33. The Kier molecular flexibility index (Phi) is 5.83. The van der Waals surface area contributed by atoms with Crippen LogP contribution in [0, 0.1) is 0 Å². The van der Waals surface area contributed by atoms with E-state index in [2.05, 4.69) is 20.5 Å². The molecule has 1 saturated carbocycles. The molecule has 0 bridgehead atoms. The van der Waals surface area contributed by atoms with Crippen molar-refractivity contribution < 1.29 is 4.79 Å². The number of rotatable bonds is 6. The van der Waals surface area contributed by atoms with Crippen molar-refractivity contribution in [2.75, 3.05) is 4.90 Å². The van der Waals surface area contributed by atoms with E-state index in [0.29, 0.717) is 11.7 Å². The number of aromatic nitrogens is 5. The van der Waals surface area contributed by atoms with Gasteiger partial charge in [-0.3, -0.25) is 9.69 Å². The summed E-state index contributed by atoms with van der Waals surface area (Å²) < 4.78 is 1.71. The first-order valence-corrected chi connectivity index (χ1v) is 10.1. The number of tetrazole rings is 1. The zero-order valence-corrected chi connectivity index (χ0v) is 15.6. The zero-order valence-electron chi connectivity index (χ0n) is 14.0. The smallest absolute Gasteiger partial charge is 0.242 e. The number of hydrogen-bond acceptors (Lipinski definition) is 7. The molecule has 1 amide bonds. The van der Waals surface area contributed by atoms with Gasteiger partial charge >= 0.3 is 0 Å². The molecule has 2 aromatic rings. The van der Waals surface area contributed by atoms with Crippen LogP contribution in [0.3, 0.4) is 0 Å². The predicted octanol–water partition coefficient (Wildman–Crippen LogP) is 3.00. The van der Waals surface area contributed by atoms with E-state index in [9.17, 15) is 4.79 Å². The summed E-state index contributed by atoms with van der Waals surface area (Å²) in [5.74, 6) is 0.0903. The van der Waals surface area contributed by atoms with E-state index in [1.54, 1.807) is 10.9 Å². The molecule has 0 aromatic carbocycles. The second-order valence-electron chi connectivity index (χ2n) is 5.85. The molecule has 7 nitrogen and oxygen atoms in total. The van der Waals surface area contributed by atoms with Crippen molar-refractivity contribution in [2.24, 2.45) is 0 Å². The standard InChI is InChI=1S/C15H22N6OS2/c1-3-20-15(17-18-19-20)24-11(2)13(22)21(14-16-9-10-23-14)12-7-5-4-6-8-12/h9-12H,3-8H2,1-2H3. The van der Waals surface area contributed by atoms with Crippen molar-refractivity contribution in [3.05, 3.63) is 11.6 Å². The van der Waals surface area contributed by atoms with Crippen molar-refractivity contribution >= 4 is 34.1 Å². The summed E-state index contributed by atoms with van der Waals surface area (Å²) in [5, 5.41) is 14.8. The molecule has 0 N–H and O–H groups in total. The van der Waals surface area contributed by atoms with Crippen LogP contribution in [0.4, 0.5) is 5.13 Å². The number of thiazole rings is 1. The summed E-state index contributed by atoms with van der Waals surface area (Å²) in [4.78, 5) is 19.5. The molecule has 0 saturated heterocycles. The summed E-state index contributed by atoms with van der Waals surface area (Å²) in [7, 11) is 0. The molecule has 1 atom stereocenters. The van der Waals surface area contributed by atoms with Crippen LogP contribution in [0.25, 0.3) is 0 Å². The van der Waals surface area contributed by atoms with E-state index in [4.69, 9.17) is 0 Å². The van der Waals surface area contributed by atoms with Crippen LogP contribution in [-0.2, 0) is 11.3 Å². The molecule has 1 fully saturated rings. The average molecular weight is 367 g/mol. The van der Waals surface area contributed by atoms with Gasteiger partial charge in [0.2, 0.25) is 11.1 Å². The highest BCUT2D eigenvalue weighted by Gasteiger charge is 2.32. The van der Waals surface area contributed by atoms with Gasteiger partial charge in [-0.1, -0.05) is 31.0 Å². The van der Waals surface area contributed by atoms with Gasteiger partial charge in [0.25, 0.3) is 0 Å². The number of anilines is 1. The van der Waals surface area contributed by atoms with Crippen molar-refractivity contribution in [2.45, 2.75) is 68.9 Å². The highest BCUT2D eigenvalue weighted by molar-refractivity contribution is 8.00. The molecule has 2 heterocycles. The Bertz CT molecular complexity index is 653. The summed E-state index contributed by atoms with van der Waals surface area (Å²) in [6.45, 7) is 4.59. The first-order chi connectivity index (χ1) is 11.7. The van der Waals surface area contributed by atoms with E-state index in [-0.39, 0.29) is 17.2 Å². The Morgan fingerprint density at radius 1 is 1.46 bits per heavy atom. The molecule has 1 aliphatic rings. The third kappa shape index (κ3) is 3.77. The molecule has 2 aromatic heterocycles. The molecule has 1 unspecified atom stereocenters. The molecule has 24 heavy (non-hydrogen) atoms. The average Bonchev–Trinajstić information content (AvgIpc) is 3.27. The Morgan fingerprint density at radius 2 is 2.25 bits per heavy atom. The number of nitrogens with zero attached hydrogens (tertiary/aromatic N) is 6. The normalized spacial score (nSPS) is 16.9. The fourth-order valence-corrected chi connectivity index (χ4v) is 4.61. The molecule has 3 rings (SSSR count). The Hall–Kier alpha value is -1.48. The molecular weight excluding hydrogens is 344 g/mol. The minimum Gasteiger partial charge on any atom is -0.284 e. The Labute approximate surface area is 149 Å². The van der Waals surface area contributed by atoms with Crippen molar-refractivity contribution in [3.63, 3.8) is 0 Å². The molecule has 130 valence electrons. The second kappa shape index (κ2) is 8.06. The first kappa shape index (κ1) is 17.3. The number of thioether (sulfide) groups is 1. The van der Waals surface area contributed by atoms with Gasteiger partial charge in [0.15, 0.2) is 5.13 Å². The maximum atomic E-state index is 13.2. The minimum absolute atomic E-state index is 0.0903. The van der Waals surface area contributed by atoms with Gasteiger partial charge in [-0.15, -0.1) is 16.4 Å². The van der Waals surface area contributed by atoms with Crippen molar-refractivity contribution in [1.82, 2.24) is 25.2 Å². The first-order valence-electron chi connectivity index (χ1n) is 8.36. The van der Waals surface area contributed by atoms with Gasteiger partial charge in [-0.2, -0.15) is 0 Å². The predicted molar refractivity (Wildman–Crippen MR) is 95.3 cm³/mol. The van der Waals surface area contributed by atoms with E-state index in [1.165, 1.54) is 42.4 Å². The lowest BCUT2D eigenvalue weighted by Crippen LogP contribution is -2.45. The molecule has 9 heteroatoms. The van der Waals surface area contributed by atoms with Crippen LogP contribution < -0.4 is 4.90 Å². The fraction of sp³-hybridized carbons (Fsp3) is 0.667. The Balaban J connectivity index is 1.77. The van der Waals surface area contributed by atoms with Crippen LogP contribution in [-0.4, -0.2) is 42.4 Å². The van der Waals surface area contributed by atoms with Gasteiger partial charge in [-0.25, -0.2) is 9.67 Å². The maximum absolute atomic E-state index is 13.2. The minimum atomic E-state index is -0.257. The lowest BCUT2D eigenvalue weighted by atomic mass is 9.94. The van der Waals surface area contributed by atoms with Crippen LogP contribution in [0.15, 0.2) is 16.7 Å². The largest absolute Gasteiger partial charge is 0.284 e. The summed E-state index contributed by atoms with van der Waals surface area (Å²) in [6.07, 6.45) is 7.47. The van der Waals surface area contributed by atoms with Gasteiger partial charge in [0, 0.05) is 24.2 Å². The van der Waals surface area contributed by atoms with Gasteiger partial charge < -0.3 is 0 Å². The molecule has 0 spiro atoms. The lowest BCUT2D eigenvalue weighted by molar-refractivity contribution is -0.118. The van der Waals surface area contributed by atoms with Crippen LogP contribution >= 0.6 is 23.1 Å². The number of hydrogen-bond donors (Lipinski definition) is 0. The van der Waals surface area contributed by atoms with E-state index in [0.717, 1.165) is 18.0 Å². The number of aryl methyl sites for hydroxylation is 1. The van der Waals surface area contributed by atoms with Gasteiger partial charge in [-0.05, 0) is 37.1 Å². The van der Waals surface area contributed by atoms with Crippen molar-refractivity contribution in [1.29, 1.82) is 0 Å².